The maximum atomic E-state index is 13.1. The van der Waals surface area contributed by atoms with Gasteiger partial charge in [0.15, 0.2) is 0 Å². The first kappa shape index (κ1) is 21.3. The van der Waals surface area contributed by atoms with Gasteiger partial charge in [-0.15, -0.1) is 0 Å². The van der Waals surface area contributed by atoms with E-state index in [9.17, 15) is 14.4 Å². The van der Waals surface area contributed by atoms with Gasteiger partial charge < -0.3 is 4.90 Å². The summed E-state index contributed by atoms with van der Waals surface area (Å²) < 4.78 is 0.823. The molecule has 1 fully saturated rings. The minimum atomic E-state index is -0.752. The fourth-order valence-corrected chi connectivity index (χ4v) is 4.60. The van der Waals surface area contributed by atoms with Crippen molar-refractivity contribution >= 4 is 51.2 Å². The van der Waals surface area contributed by atoms with Gasteiger partial charge in [0.2, 0.25) is 0 Å². The van der Waals surface area contributed by atoms with E-state index >= 15 is 0 Å². The summed E-state index contributed by atoms with van der Waals surface area (Å²) in [6, 6.07) is 12.0. The van der Waals surface area contributed by atoms with Crippen molar-refractivity contribution in [2.75, 3.05) is 16.8 Å². The summed E-state index contributed by atoms with van der Waals surface area (Å²) in [7, 11) is 2.09. The van der Waals surface area contributed by atoms with Crippen LogP contribution in [0.15, 0.2) is 52.5 Å². The zero-order valence-electron chi connectivity index (χ0n) is 17.9. The number of nitrogens with one attached hydrogen (secondary N) is 1. The van der Waals surface area contributed by atoms with Crippen LogP contribution in [-0.4, -0.2) is 30.4 Å². The molecule has 7 heteroatoms. The van der Waals surface area contributed by atoms with Crippen LogP contribution < -0.4 is 15.1 Å². The average molecular weight is 482 g/mol. The van der Waals surface area contributed by atoms with E-state index in [0.29, 0.717) is 11.6 Å². The van der Waals surface area contributed by atoms with Gasteiger partial charge in [-0.2, -0.15) is 0 Å². The van der Waals surface area contributed by atoms with Crippen molar-refractivity contribution in [3.63, 3.8) is 0 Å². The third kappa shape index (κ3) is 3.78. The maximum absolute atomic E-state index is 13.1. The number of nitrogens with zero attached hydrogens (tertiary/aromatic N) is 2. The highest BCUT2D eigenvalue weighted by Crippen LogP contribution is 2.42. The zero-order chi connectivity index (χ0) is 22.5. The van der Waals surface area contributed by atoms with Crippen molar-refractivity contribution in [2.45, 2.75) is 38.6 Å². The van der Waals surface area contributed by atoms with Gasteiger partial charge >= 0.3 is 6.03 Å². The van der Waals surface area contributed by atoms with Crippen LogP contribution in [0, 0.1) is 0 Å². The Morgan fingerprint density at radius 1 is 1.10 bits per heavy atom. The Hall–Kier alpha value is -2.93. The number of imide groups is 2. The van der Waals surface area contributed by atoms with E-state index in [1.165, 1.54) is 5.56 Å². The Balaban J connectivity index is 1.72. The molecule has 0 spiro atoms. The van der Waals surface area contributed by atoms with Crippen molar-refractivity contribution in [1.29, 1.82) is 0 Å². The molecule has 0 bridgehead atoms. The largest absolute Gasteiger partial charge is 0.369 e. The number of benzene rings is 2. The van der Waals surface area contributed by atoms with Crippen molar-refractivity contribution in [3.05, 3.63) is 63.6 Å². The lowest BCUT2D eigenvalue weighted by Gasteiger charge is -2.45. The monoisotopic (exact) mass is 481 g/mol. The molecule has 2 aromatic rings. The topological polar surface area (TPSA) is 69.7 Å². The lowest BCUT2D eigenvalue weighted by Crippen LogP contribution is -2.54. The molecule has 0 radical (unpaired) electrons. The molecule has 160 valence electrons. The molecular weight excluding hydrogens is 458 g/mol. The molecule has 4 amide bonds. The Kier molecular flexibility index (Phi) is 5.25. The molecule has 0 saturated carbocycles. The van der Waals surface area contributed by atoms with Crippen LogP contribution in [0.5, 0.6) is 0 Å². The summed E-state index contributed by atoms with van der Waals surface area (Å²) in [5, 5.41) is 2.27. The molecule has 0 aliphatic carbocycles. The summed E-state index contributed by atoms with van der Waals surface area (Å²) >= 11 is 3.34. The Morgan fingerprint density at radius 3 is 2.45 bits per heavy atom. The fraction of sp³-hybridized carbons (Fsp3) is 0.292. The first-order chi connectivity index (χ1) is 14.6. The second-order valence-corrected chi connectivity index (χ2v) is 9.64. The first-order valence-electron chi connectivity index (χ1n) is 10.1. The average Bonchev–Trinajstić information content (AvgIpc) is 2.70. The highest BCUT2D eigenvalue weighted by molar-refractivity contribution is 9.10. The highest BCUT2D eigenvalue weighted by atomic mass is 79.9. The Labute approximate surface area is 190 Å². The molecule has 2 aliphatic rings. The van der Waals surface area contributed by atoms with Crippen molar-refractivity contribution < 1.29 is 14.4 Å². The molecule has 2 aliphatic heterocycles. The lowest BCUT2D eigenvalue weighted by molar-refractivity contribution is -0.122. The molecule has 31 heavy (non-hydrogen) atoms. The van der Waals surface area contributed by atoms with Crippen molar-refractivity contribution in [3.8, 4) is 0 Å². The smallest absolute Gasteiger partial charge is 0.335 e. The van der Waals surface area contributed by atoms with Crippen LogP contribution in [0.1, 0.15) is 44.2 Å². The van der Waals surface area contributed by atoms with E-state index in [1.807, 2.05) is 18.2 Å². The number of carbonyl (C=O) groups is 3. The lowest BCUT2D eigenvalue weighted by atomic mass is 9.80. The highest BCUT2D eigenvalue weighted by Gasteiger charge is 2.37. The van der Waals surface area contributed by atoms with Crippen LogP contribution in [0.3, 0.4) is 0 Å². The number of anilines is 2. The predicted molar refractivity (Wildman–Crippen MR) is 125 cm³/mol. The SMILES string of the molecule is CC1CC(C)(C)N(C)c2ccc(/C=C3\C(=O)NC(=O)N(c4ccc(Br)cc4)C3=O)cc21. The van der Waals surface area contributed by atoms with Gasteiger partial charge in [-0.25, -0.2) is 9.69 Å². The predicted octanol–water partition coefficient (Wildman–Crippen LogP) is 4.84. The van der Waals surface area contributed by atoms with Crippen molar-refractivity contribution in [2.24, 2.45) is 0 Å². The molecule has 0 aromatic heterocycles. The molecule has 2 heterocycles. The second-order valence-electron chi connectivity index (χ2n) is 8.73. The van der Waals surface area contributed by atoms with Gasteiger partial charge in [-0.3, -0.25) is 14.9 Å². The Bertz CT molecular complexity index is 1120. The number of carbonyl (C=O) groups excluding carboxylic acids is 3. The van der Waals surface area contributed by atoms with Gasteiger partial charge in [0, 0.05) is 22.7 Å². The van der Waals surface area contributed by atoms with E-state index in [-0.39, 0.29) is 11.1 Å². The summed E-state index contributed by atoms with van der Waals surface area (Å²) in [6.07, 6.45) is 2.56. The molecule has 1 unspecified atom stereocenters. The molecule has 1 atom stereocenters. The van der Waals surface area contributed by atoms with E-state index in [1.54, 1.807) is 30.3 Å². The summed E-state index contributed by atoms with van der Waals surface area (Å²) in [5.74, 6) is -0.983. The van der Waals surface area contributed by atoms with E-state index in [2.05, 4.69) is 54.0 Å². The molecule has 1 N–H and O–H groups in total. The molecule has 4 rings (SSSR count). The maximum Gasteiger partial charge on any atom is 0.335 e. The van der Waals surface area contributed by atoms with E-state index in [0.717, 1.165) is 27.0 Å². The summed E-state index contributed by atoms with van der Waals surface area (Å²) in [6.45, 7) is 6.64. The number of rotatable bonds is 2. The normalized spacial score (nSPS) is 21.9. The van der Waals surface area contributed by atoms with Gasteiger partial charge in [0.05, 0.1) is 5.69 Å². The molecule has 6 nitrogen and oxygen atoms in total. The number of barbiturate groups is 1. The standard InChI is InChI=1S/C24H24BrN3O3/c1-14-13-24(2,3)27(4)20-10-5-15(11-18(14)20)12-19-21(29)26-23(31)28(22(19)30)17-8-6-16(25)7-9-17/h5-12,14H,13H2,1-4H3,(H,26,29,31)/b19-12+. The first-order valence-corrected chi connectivity index (χ1v) is 10.9. The van der Waals surface area contributed by atoms with Crippen molar-refractivity contribution in [1.82, 2.24) is 5.32 Å². The van der Waals surface area contributed by atoms with E-state index in [4.69, 9.17) is 0 Å². The number of amides is 4. The third-order valence-corrected chi connectivity index (χ3v) is 6.68. The van der Waals surface area contributed by atoms with Crippen LogP contribution in [0.2, 0.25) is 0 Å². The van der Waals surface area contributed by atoms with Crippen LogP contribution in [-0.2, 0) is 9.59 Å². The van der Waals surface area contributed by atoms with Gasteiger partial charge in [-0.1, -0.05) is 28.9 Å². The van der Waals surface area contributed by atoms with Crippen LogP contribution in [0.4, 0.5) is 16.2 Å². The number of fused-ring (bicyclic) bond motifs is 1. The zero-order valence-corrected chi connectivity index (χ0v) is 19.5. The second kappa shape index (κ2) is 7.64. The number of hydrogen-bond acceptors (Lipinski definition) is 4. The number of hydrogen-bond donors (Lipinski definition) is 1. The number of urea groups is 1. The van der Waals surface area contributed by atoms with Gasteiger partial charge in [0.25, 0.3) is 11.8 Å². The van der Waals surface area contributed by atoms with Gasteiger partial charge in [-0.05, 0) is 79.8 Å². The Morgan fingerprint density at radius 2 is 1.77 bits per heavy atom. The quantitative estimate of drug-likeness (QED) is 0.492. The fourth-order valence-electron chi connectivity index (χ4n) is 4.33. The van der Waals surface area contributed by atoms with Crippen LogP contribution >= 0.6 is 15.9 Å². The molecular formula is C24H24BrN3O3. The number of halogens is 1. The third-order valence-electron chi connectivity index (χ3n) is 6.16. The minimum absolute atomic E-state index is 0.0527. The molecule has 1 saturated heterocycles. The summed E-state index contributed by atoms with van der Waals surface area (Å²) in [4.78, 5) is 41.2. The minimum Gasteiger partial charge on any atom is -0.369 e. The van der Waals surface area contributed by atoms with Gasteiger partial charge in [0.1, 0.15) is 5.57 Å². The van der Waals surface area contributed by atoms with Crippen LogP contribution in [0.25, 0.3) is 6.08 Å². The summed E-state index contributed by atoms with van der Waals surface area (Å²) in [5.41, 5.74) is 3.46. The van der Waals surface area contributed by atoms with E-state index < -0.39 is 17.8 Å². The molecule has 2 aromatic carbocycles.